The molecule has 0 amide bonds. The Bertz CT molecular complexity index is 291. The summed E-state index contributed by atoms with van der Waals surface area (Å²) in [6.45, 7) is 4.55. The minimum atomic E-state index is -0.162. The predicted octanol–water partition coefficient (Wildman–Crippen LogP) is 2.55. The summed E-state index contributed by atoms with van der Waals surface area (Å²) in [5.74, 6) is 0. The molecule has 3 nitrogen and oxygen atoms in total. The lowest BCUT2D eigenvalue weighted by Crippen LogP contribution is -2.01. The van der Waals surface area contributed by atoms with Gasteiger partial charge in [-0.2, -0.15) is 0 Å². The normalized spacial score (nSPS) is 16.9. The molecule has 82 valence electrons. The molecule has 0 bridgehead atoms. The van der Waals surface area contributed by atoms with Gasteiger partial charge in [0.2, 0.25) is 0 Å². The zero-order valence-electron chi connectivity index (χ0n) is 9.03. The number of ether oxygens (including phenoxy) is 2. The van der Waals surface area contributed by atoms with Gasteiger partial charge in [-0.3, -0.25) is 0 Å². The van der Waals surface area contributed by atoms with Crippen molar-refractivity contribution in [2.75, 3.05) is 25.1 Å². The van der Waals surface area contributed by atoms with Crippen LogP contribution in [0.4, 0.5) is 5.69 Å². The minimum absolute atomic E-state index is 0.162. The Morgan fingerprint density at radius 1 is 1.20 bits per heavy atom. The van der Waals surface area contributed by atoms with Gasteiger partial charge in [0.15, 0.2) is 6.29 Å². The van der Waals surface area contributed by atoms with Gasteiger partial charge in [-0.15, -0.1) is 0 Å². The maximum Gasteiger partial charge on any atom is 0.184 e. The molecule has 15 heavy (non-hydrogen) atoms. The summed E-state index contributed by atoms with van der Waals surface area (Å²) < 4.78 is 10.8. The molecule has 1 aromatic rings. The number of hydrogen-bond donors (Lipinski definition) is 1. The molecule has 1 fully saturated rings. The van der Waals surface area contributed by atoms with Crippen LogP contribution in [0.1, 0.15) is 25.2 Å². The highest BCUT2D eigenvalue weighted by molar-refractivity contribution is 5.44. The molecule has 2 rings (SSSR count). The summed E-state index contributed by atoms with van der Waals surface area (Å²) in [7, 11) is 0. The Hall–Kier alpha value is -1.06. The van der Waals surface area contributed by atoms with Crippen LogP contribution in [0.15, 0.2) is 24.3 Å². The van der Waals surface area contributed by atoms with Crippen LogP contribution in [-0.2, 0) is 9.47 Å². The number of rotatable bonds is 4. The molecule has 1 aliphatic rings. The van der Waals surface area contributed by atoms with Gasteiger partial charge in [-0.25, -0.2) is 0 Å². The second kappa shape index (κ2) is 5.14. The van der Waals surface area contributed by atoms with E-state index in [2.05, 4.69) is 24.4 Å². The van der Waals surface area contributed by atoms with E-state index in [1.807, 2.05) is 12.1 Å². The fourth-order valence-electron chi connectivity index (χ4n) is 1.58. The molecule has 0 atom stereocenters. The second-order valence-electron chi connectivity index (χ2n) is 3.62. The quantitative estimate of drug-likeness (QED) is 0.823. The van der Waals surface area contributed by atoms with Crippen molar-refractivity contribution >= 4 is 5.69 Å². The van der Waals surface area contributed by atoms with Gasteiger partial charge in [0.05, 0.1) is 13.2 Å². The van der Waals surface area contributed by atoms with E-state index in [4.69, 9.17) is 9.47 Å². The van der Waals surface area contributed by atoms with Gasteiger partial charge >= 0.3 is 0 Å². The first kappa shape index (κ1) is 10.5. The van der Waals surface area contributed by atoms with Crippen LogP contribution in [-0.4, -0.2) is 19.8 Å². The summed E-state index contributed by atoms with van der Waals surface area (Å²) in [5, 5.41) is 3.33. The van der Waals surface area contributed by atoms with Crippen molar-refractivity contribution in [1.82, 2.24) is 0 Å². The van der Waals surface area contributed by atoms with Crippen LogP contribution in [0, 0.1) is 0 Å². The van der Waals surface area contributed by atoms with Crippen LogP contribution in [0.2, 0.25) is 0 Å². The molecular formula is C12H17NO2. The molecule has 1 aromatic carbocycles. The molecule has 1 aliphatic heterocycles. The molecule has 0 aromatic heterocycles. The van der Waals surface area contributed by atoms with Crippen LogP contribution in [0.25, 0.3) is 0 Å². The topological polar surface area (TPSA) is 30.5 Å². The van der Waals surface area contributed by atoms with Gasteiger partial charge in [0, 0.05) is 17.8 Å². The Labute approximate surface area is 90.4 Å². The molecule has 1 heterocycles. The highest BCUT2D eigenvalue weighted by Gasteiger charge is 2.17. The zero-order valence-corrected chi connectivity index (χ0v) is 9.03. The third-order valence-corrected chi connectivity index (χ3v) is 2.38. The van der Waals surface area contributed by atoms with Crippen LogP contribution >= 0.6 is 0 Å². The monoisotopic (exact) mass is 207 g/mol. The molecule has 0 unspecified atom stereocenters. The Balaban J connectivity index is 1.96. The van der Waals surface area contributed by atoms with Crippen molar-refractivity contribution < 1.29 is 9.47 Å². The Morgan fingerprint density at radius 3 is 2.47 bits per heavy atom. The first-order valence-electron chi connectivity index (χ1n) is 5.47. The molecule has 0 saturated carbocycles. The van der Waals surface area contributed by atoms with Crippen molar-refractivity contribution in [3.63, 3.8) is 0 Å². The fraction of sp³-hybridized carbons (Fsp3) is 0.500. The SMILES string of the molecule is CCCNc1ccc(C2OCCO2)cc1. The number of hydrogen-bond acceptors (Lipinski definition) is 3. The van der Waals surface area contributed by atoms with E-state index in [0.717, 1.165) is 24.2 Å². The van der Waals surface area contributed by atoms with Gasteiger partial charge in [-0.05, 0) is 18.6 Å². The number of benzene rings is 1. The van der Waals surface area contributed by atoms with Gasteiger partial charge in [0.25, 0.3) is 0 Å². The lowest BCUT2D eigenvalue weighted by atomic mass is 10.2. The lowest BCUT2D eigenvalue weighted by Gasteiger charge is -2.10. The van der Waals surface area contributed by atoms with Crippen molar-refractivity contribution in [2.24, 2.45) is 0 Å². The first-order chi connectivity index (χ1) is 7.40. The third-order valence-electron chi connectivity index (χ3n) is 2.38. The van der Waals surface area contributed by atoms with E-state index in [0.29, 0.717) is 13.2 Å². The minimum Gasteiger partial charge on any atom is -0.385 e. The smallest absolute Gasteiger partial charge is 0.184 e. The standard InChI is InChI=1S/C12H17NO2/c1-2-7-13-11-5-3-10(4-6-11)12-14-8-9-15-12/h3-6,12-13H,2,7-9H2,1H3. The molecule has 0 spiro atoms. The van der Waals surface area contributed by atoms with Crippen molar-refractivity contribution in [1.29, 1.82) is 0 Å². The lowest BCUT2D eigenvalue weighted by molar-refractivity contribution is -0.0441. The fourth-order valence-corrected chi connectivity index (χ4v) is 1.58. The average Bonchev–Trinajstić information content (AvgIpc) is 2.80. The first-order valence-corrected chi connectivity index (χ1v) is 5.47. The average molecular weight is 207 g/mol. The summed E-state index contributed by atoms with van der Waals surface area (Å²) in [6, 6.07) is 8.23. The van der Waals surface area contributed by atoms with E-state index < -0.39 is 0 Å². The number of nitrogens with one attached hydrogen (secondary N) is 1. The van der Waals surface area contributed by atoms with Crippen LogP contribution in [0.3, 0.4) is 0 Å². The molecule has 1 N–H and O–H groups in total. The van der Waals surface area contributed by atoms with Crippen molar-refractivity contribution in [3.05, 3.63) is 29.8 Å². The summed E-state index contributed by atoms with van der Waals surface area (Å²) in [5.41, 5.74) is 2.24. The Kier molecular flexibility index (Phi) is 3.59. The van der Waals surface area contributed by atoms with Crippen molar-refractivity contribution in [2.45, 2.75) is 19.6 Å². The van der Waals surface area contributed by atoms with E-state index in [-0.39, 0.29) is 6.29 Å². The third kappa shape index (κ3) is 2.70. The van der Waals surface area contributed by atoms with E-state index >= 15 is 0 Å². The maximum absolute atomic E-state index is 5.42. The highest BCUT2D eigenvalue weighted by Crippen LogP contribution is 2.24. The van der Waals surface area contributed by atoms with Gasteiger partial charge < -0.3 is 14.8 Å². The van der Waals surface area contributed by atoms with Crippen molar-refractivity contribution in [3.8, 4) is 0 Å². The molecule has 0 radical (unpaired) electrons. The van der Waals surface area contributed by atoms with E-state index in [9.17, 15) is 0 Å². The molecule has 1 saturated heterocycles. The summed E-state index contributed by atoms with van der Waals surface area (Å²) in [4.78, 5) is 0. The van der Waals surface area contributed by atoms with Gasteiger partial charge in [-0.1, -0.05) is 19.1 Å². The largest absolute Gasteiger partial charge is 0.385 e. The molecular weight excluding hydrogens is 190 g/mol. The van der Waals surface area contributed by atoms with Gasteiger partial charge in [0.1, 0.15) is 0 Å². The second-order valence-corrected chi connectivity index (χ2v) is 3.62. The van der Waals surface area contributed by atoms with E-state index in [1.165, 1.54) is 0 Å². The zero-order chi connectivity index (χ0) is 10.5. The molecule has 0 aliphatic carbocycles. The molecule has 3 heteroatoms. The summed E-state index contributed by atoms with van der Waals surface area (Å²) >= 11 is 0. The number of anilines is 1. The van der Waals surface area contributed by atoms with Crippen LogP contribution in [0.5, 0.6) is 0 Å². The summed E-state index contributed by atoms with van der Waals surface area (Å²) in [6.07, 6.45) is 0.974. The van der Waals surface area contributed by atoms with Crippen LogP contribution < -0.4 is 5.32 Å². The predicted molar refractivity (Wildman–Crippen MR) is 59.9 cm³/mol. The maximum atomic E-state index is 5.42. The van der Waals surface area contributed by atoms with E-state index in [1.54, 1.807) is 0 Å². The Morgan fingerprint density at radius 2 is 1.87 bits per heavy atom. The highest BCUT2D eigenvalue weighted by atomic mass is 16.7.